The molecule has 1 unspecified atom stereocenters. The number of ketones is 2. The number of halogens is 1. The second-order valence-corrected chi connectivity index (χ2v) is 16.4. The van der Waals surface area contributed by atoms with E-state index in [0.29, 0.717) is 53.1 Å². The van der Waals surface area contributed by atoms with Gasteiger partial charge in [-0.1, -0.05) is 37.6 Å². The van der Waals surface area contributed by atoms with Crippen LogP contribution >= 0.6 is 11.6 Å². The fraction of sp³-hybridized carbons (Fsp3) is 0.325. The van der Waals surface area contributed by atoms with Gasteiger partial charge in [0.2, 0.25) is 16.0 Å². The van der Waals surface area contributed by atoms with E-state index in [0.717, 1.165) is 17.4 Å². The molecule has 1 aromatic heterocycles. The Bertz CT molecular complexity index is 2360. The molecule has 14 nitrogen and oxygen atoms in total. The smallest absolute Gasteiger partial charge is 0.411 e. The van der Waals surface area contributed by atoms with Crippen LogP contribution in [0.1, 0.15) is 89.8 Å². The molecule has 2 N–H and O–H groups in total. The van der Waals surface area contributed by atoms with Crippen LogP contribution in [-0.2, 0) is 49.5 Å². The number of anilines is 2. The average molecular weight is 799 g/mol. The van der Waals surface area contributed by atoms with Crippen LogP contribution in [-0.4, -0.2) is 59.2 Å². The van der Waals surface area contributed by atoms with Crippen LogP contribution in [0.15, 0.2) is 66.9 Å². The van der Waals surface area contributed by atoms with Crippen LogP contribution in [0.25, 0.3) is 0 Å². The summed E-state index contributed by atoms with van der Waals surface area (Å²) in [4.78, 5) is 60.5. The number of carbonyl (C=O) groups excluding carboxylic acids is 4. The lowest BCUT2D eigenvalue weighted by Crippen LogP contribution is -2.42. The number of sulfonamides is 1. The first-order valence-corrected chi connectivity index (χ1v) is 20.1. The van der Waals surface area contributed by atoms with Gasteiger partial charge in [-0.25, -0.2) is 23.2 Å². The number of amides is 2. The first-order valence-electron chi connectivity index (χ1n) is 17.8. The number of fused-ring (bicyclic) bond motifs is 1. The van der Waals surface area contributed by atoms with Crippen molar-refractivity contribution >= 4 is 56.8 Å². The third-order valence-corrected chi connectivity index (χ3v) is 10.7. The van der Waals surface area contributed by atoms with Gasteiger partial charge in [-0.3, -0.25) is 24.4 Å². The van der Waals surface area contributed by atoms with E-state index in [2.05, 4.69) is 26.1 Å². The number of aromatic nitrogens is 2. The summed E-state index contributed by atoms with van der Waals surface area (Å²) in [5, 5.41) is 13.0. The van der Waals surface area contributed by atoms with Crippen molar-refractivity contribution in [3.05, 3.63) is 111 Å². The van der Waals surface area contributed by atoms with E-state index in [1.54, 1.807) is 48.5 Å². The van der Waals surface area contributed by atoms with Gasteiger partial charge in [0.1, 0.15) is 24.7 Å². The molecule has 2 aliphatic rings. The van der Waals surface area contributed by atoms with E-state index >= 15 is 0 Å². The standard InChI is InChI=1S/C40H39ClN6O8S/c1-40(2,26-7-11-31(12-8-26)54-22-29-15-16-43-38(44-29)46-56(3,52)53)27-17-24(20-42)33(34(41)19-27)23-55-39(51)45-28-9-13-32-25(18-28)21-47(37(32)50)35-14-10-30(48)5-4-6-36(35)49/h7-9,11-13,15-19,35H,4-6,10,14,21-23H2,1-3H3,(H,45,51)(H,43,44,46). The van der Waals surface area contributed by atoms with Crippen molar-refractivity contribution in [3.8, 4) is 11.8 Å². The summed E-state index contributed by atoms with van der Waals surface area (Å²) in [7, 11) is -3.53. The summed E-state index contributed by atoms with van der Waals surface area (Å²) in [6, 6.07) is 18.8. The van der Waals surface area contributed by atoms with Crippen molar-refractivity contribution in [2.75, 3.05) is 16.3 Å². The average Bonchev–Trinajstić information content (AvgIpc) is 3.46. The number of carbonyl (C=O) groups is 4. The number of ether oxygens (including phenoxy) is 2. The number of Topliss-reactive ketones (excluding diaryl/α,β-unsaturated/α-hetero) is 2. The molecule has 3 aromatic carbocycles. The van der Waals surface area contributed by atoms with Crippen LogP contribution in [0.4, 0.5) is 16.4 Å². The minimum atomic E-state index is -3.53. The van der Waals surface area contributed by atoms with E-state index in [-0.39, 0.29) is 66.6 Å². The molecule has 1 saturated carbocycles. The molecule has 0 spiro atoms. The maximum absolute atomic E-state index is 13.2. The molecule has 1 aliphatic heterocycles. The molecule has 1 aliphatic carbocycles. The Labute approximate surface area is 329 Å². The number of hydrogen-bond donors (Lipinski definition) is 2. The van der Waals surface area contributed by atoms with Crippen molar-refractivity contribution in [3.63, 3.8) is 0 Å². The number of nitrogens with one attached hydrogen (secondary N) is 2. The van der Waals surface area contributed by atoms with Crippen molar-refractivity contribution in [2.24, 2.45) is 0 Å². The SMILES string of the molecule is CC(C)(c1ccc(OCc2ccnc(NS(C)(=O)=O)n2)cc1)c1cc(Cl)c(COC(=O)Nc2ccc3c(c2)CN(C2CCC(=O)CCCC2=O)C3=O)c(C#N)c1. The maximum Gasteiger partial charge on any atom is 0.411 e. The molecule has 0 saturated heterocycles. The zero-order valence-electron chi connectivity index (χ0n) is 30.9. The second kappa shape index (κ2) is 16.5. The van der Waals surface area contributed by atoms with Gasteiger partial charge in [0.25, 0.3) is 5.91 Å². The molecule has 16 heteroatoms. The molecular formula is C40H39ClN6O8S. The number of hydrogen-bond acceptors (Lipinski definition) is 11. The largest absolute Gasteiger partial charge is 0.487 e. The Morgan fingerprint density at radius 3 is 2.52 bits per heavy atom. The minimum Gasteiger partial charge on any atom is -0.487 e. The molecule has 2 amide bonds. The summed E-state index contributed by atoms with van der Waals surface area (Å²) in [5.74, 6) is 0.267. The number of benzene rings is 3. The monoisotopic (exact) mass is 798 g/mol. The molecule has 0 radical (unpaired) electrons. The number of nitriles is 1. The van der Waals surface area contributed by atoms with Gasteiger partial charge in [0.05, 0.1) is 29.6 Å². The summed E-state index contributed by atoms with van der Waals surface area (Å²) < 4.78 is 36.6. The van der Waals surface area contributed by atoms with E-state index in [1.807, 2.05) is 26.0 Å². The fourth-order valence-electron chi connectivity index (χ4n) is 6.73. The summed E-state index contributed by atoms with van der Waals surface area (Å²) >= 11 is 6.70. The molecule has 4 aromatic rings. The lowest BCUT2D eigenvalue weighted by Gasteiger charge is -2.27. The predicted octanol–water partition coefficient (Wildman–Crippen LogP) is 6.45. The van der Waals surface area contributed by atoms with Crippen molar-refractivity contribution in [1.29, 1.82) is 5.26 Å². The van der Waals surface area contributed by atoms with Crippen molar-refractivity contribution in [1.82, 2.24) is 14.9 Å². The quantitative estimate of drug-likeness (QED) is 0.169. The van der Waals surface area contributed by atoms with E-state index in [9.17, 15) is 32.9 Å². The lowest BCUT2D eigenvalue weighted by molar-refractivity contribution is -0.126. The predicted molar refractivity (Wildman–Crippen MR) is 207 cm³/mol. The highest BCUT2D eigenvalue weighted by Crippen LogP contribution is 2.37. The molecular weight excluding hydrogens is 760 g/mol. The topological polar surface area (TPSA) is 198 Å². The third-order valence-electron chi connectivity index (χ3n) is 9.84. The Kier molecular flexibility index (Phi) is 11.7. The molecule has 56 heavy (non-hydrogen) atoms. The highest BCUT2D eigenvalue weighted by molar-refractivity contribution is 7.92. The number of nitrogens with zero attached hydrogens (tertiary/aromatic N) is 4. The van der Waals surface area contributed by atoms with E-state index < -0.39 is 27.6 Å². The van der Waals surface area contributed by atoms with Gasteiger partial charge in [0, 0.05) is 59.3 Å². The van der Waals surface area contributed by atoms with Crippen LogP contribution in [0.3, 0.4) is 0 Å². The Hall–Kier alpha value is -5.85. The fourth-order valence-corrected chi connectivity index (χ4v) is 7.44. The minimum absolute atomic E-state index is 0.0479. The zero-order valence-corrected chi connectivity index (χ0v) is 32.5. The highest BCUT2D eigenvalue weighted by Gasteiger charge is 2.37. The van der Waals surface area contributed by atoms with E-state index in [4.69, 9.17) is 21.1 Å². The second-order valence-electron chi connectivity index (χ2n) is 14.2. The van der Waals surface area contributed by atoms with Crippen molar-refractivity contribution in [2.45, 2.75) is 77.2 Å². The first kappa shape index (κ1) is 39.8. The molecule has 1 fully saturated rings. The van der Waals surface area contributed by atoms with Gasteiger partial charge in [-0.2, -0.15) is 5.26 Å². The molecule has 0 bridgehead atoms. The summed E-state index contributed by atoms with van der Waals surface area (Å²) in [5.41, 5.74) is 3.57. The van der Waals surface area contributed by atoms with Crippen molar-refractivity contribution < 1.29 is 37.1 Å². The normalized spacial score (nSPS) is 16.0. The van der Waals surface area contributed by atoms with Gasteiger partial charge in [0.15, 0.2) is 5.78 Å². The Balaban J connectivity index is 1.07. The maximum atomic E-state index is 13.2. The van der Waals surface area contributed by atoms with Gasteiger partial charge in [-0.05, 0) is 78.1 Å². The summed E-state index contributed by atoms with van der Waals surface area (Å²) in [6.07, 6.45) is 3.33. The highest BCUT2D eigenvalue weighted by atomic mass is 35.5. The molecule has 290 valence electrons. The lowest BCUT2D eigenvalue weighted by atomic mass is 9.77. The molecule has 1 atom stereocenters. The summed E-state index contributed by atoms with van der Waals surface area (Å²) in [6.45, 7) is 3.95. The first-order chi connectivity index (χ1) is 26.6. The zero-order chi connectivity index (χ0) is 40.2. The third kappa shape index (κ3) is 9.32. The van der Waals surface area contributed by atoms with Gasteiger partial charge in [-0.15, -0.1) is 0 Å². The van der Waals surface area contributed by atoms with Crippen LogP contribution < -0.4 is 14.8 Å². The Morgan fingerprint density at radius 2 is 1.79 bits per heavy atom. The van der Waals surface area contributed by atoms with Gasteiger partial charge >= 0.3 is 6.09 Å². The molecule has 6 rings (SSSR count). The van der Waals surface area contributed by atoms with E-state index in [1.165, 1.54) is 11.1 Å². The van der Waals surface area contributed by atoms with Gasteiger partial charge < -0.3 is 14.4 Å². The van der Waals surface area contributed by atoms with Crippen LogP contribution in [0.2, 0.25) is 5.02 Å². The Morgan fingerprint density at radius 1 is 1.02 bits per heavy atom. The van der Waals surface area contributed by atoms with Crippen LogP contribution in [0.5, 0.6) is 5.75 Å². The van der Waals surface area contributed by atoms with Crippen LogP contribution in [0, 0.1) is 11.3 Å². The number of rotatable bonds is 11. The molecule has 2 heterocycles.